The van der Waals surface area contributed by atoms with Crippen LogP contribution < -0.4 is 11.1 Å². The van der Waals surface area contributed by atoms with Crippen LogP contribution in [-0.4, -0.2) is 10.5 Å². The third kappa shape index (κ3) is 3.51. The number of nitrogens with zero attached hydrogens (tertiary/aromatic N) is 1. The van der Waals surface area contributed by atoms with E-state index in [0.717, 1.165) is 17.1 Å². The molecule has 0 spiro atoms. The van der Waals surface area contributed by atoms with Gasteiger partial charge in [-0.25, -0.2) is 4.98 Å². The summed E-state index contributed by atoms with van der Waals surface area (Å²) in [4.78, 5) is 4.49. The zero-order valence-electron chi connectivity index (χ0n) is 10.3. The molecule has 0 fully saturated rings. The normalized spacial score (nSPS) is 13.7. The average Bonchev–Trinajstić information content (AvgIpc) is 1.99. The molecule has 0 aromatic carbocycles. The molecule has 84 valence electrons. The lowest BCUT2D eigenvalue weighted by Gasteiger charge is -2.22. The first-order valence-electron chi connectivity index (χ1n) is 5.31. The van der Waals surface area contributed by atoms with E-state index in [2.05, 4.69) is 31.1 Å². The second-order valence-corrected chi connectivity index (χ2v) is 5.03. The molecule has 0 saturated heterocycles. The molecule has 0 saturated carbocycles. The highest BCUT2D eigenvalue weighted by atomic mass is 15.0. The molecule has 0 unspecified atom stereocenters. The molecule has 15 heavy (non-hydrogen) atoms. The van der Waals surface area contributed by atoms with E-state index in [0.29, 0.717) is 0 Å². The van der Waals surface area contributed by atoms with Crippen LogP contribution in [-0.2, 0) is 0 Å². The number of nitrogens with one attached hydrogen (secondary N) is 1. The van der Waals surface area contributed by atoms with Gasteiger partial charge in [0.2, 0.25) is 0 Å². The molecule has 3 heteroatoms. The summed E-state index contributed by atoms with van der Waals surface area (Å²) in [5.74, 6) is 0.907. The molecule has 1 rings (SSSR count). The van der Waals surface area contributed by atoms with Gasteiger partial charge in [-0.3, -0.25) is 0 Å². The highest BCUT2D eigenvalue weighted by Gasteiger charge is 2.11. The van der Waals surface area contributed by atoms with E-state index in [1.807, 2.05) is 26.0 Å². The summed E-state index contributed by atoms with van der Waals surface area (Å²) in [5.41, 5.74) is 7.97. The lowest BCUT2D eigenvalue weighted by Crippen LogP contribution is -2.26. The van der Waals surface area contributed by atoms with E-state index in [1.165, 1.54) is 0 Å². The van der Waals surface area contributed by atoms with Crippen LogP contribution in [0.2, 0.25) is 0 Å². The topological polar surface area (TPSA) is 50.9 Å². The molecule has 1 atom stereocenters. The maximum Gasteiger partial charge on any atom is 0.126 e. The quantitative estimate of drug-likeness (QED) is 0.783. The second kappa shape index (κ2) is 4.19. The van der Waals surface area contributed by atoms with Crippen LogP contribution in [0.3, 0.4) is 0 Å². The fraction of sp³-hybridized carbons (Fsp3) is 0.583. The fourth-order valence-electron chi connectivity index (χ4n) is 1.51. The van der Waals surface area contributed by atoms with Crippen LogP contribution in [0.5, 0.6) is 0 Å². The number of hydrogen-bond acceptors (Lipinski definition) is 3. The third-order valence-corrected chi connectivity index (χ3v) is 2.12. The lowest BCUT2D eigenvalue weighted by molar-refractivity contribution is 0.629. The van der Waals surface area contributed by atoms with Crippen molar-refractivity contribution < 1.29 is 0 Å². The van der Waals surface area contributed by atoms with Crippen molar-refractivity contribution in [1.82, 2.24) is 4.98 Å². The number of nitrogens with two attached hydrogens (primary N) is 1. The molecule has 1 aromatic heterocycles. The summed E-state index contributed by atoms with van der Waals surface area (Å²) in [6.07, 6.45) is 0. The first-order valence-corrected chi connectivity index (χ1v) is 5.31. The summed E-state index contributed by atoms with van der Waals surface area (Å²) in [6, 6.07) is 4.07. The Balaban J connectivity index is 2.92. The average molecular weight is 207 g/mol. The van der Waals surface area contributed by atoms with E-state index >= 15 is 0 Å². The van der Waals surface area contributed by atoms with Gasteiger partial charge in [0.15, 0.2) is 0 Å². The molecule has 0 aliphatic carbocycles. The van der Waals surface area contributed by atoms with Crippen LogP contribution in [0, 0.1) is 6.92 Å². The van der Waals surface area contributed by atoms with Crippen molar-refractivity contribution >= 4 is 5.82 Å². The molecular formula is C12H21N3. The van der Waals surface area contributed by atoms with Gasteiger partial charge in [0.25, 0.3) is 0 Å². The van der Waals surface area contributed by atoms with Crippen LogP contribution in [0.1, 0.15) is 45.0 Å². The maximum atomic E-state index is 5.83. The van der Waals surface area contributed by atoms with E-state index < -0.39 is 0 Å². The minimum atomic E-state index is 0.0370. The molecule has 0 bridgehead atoms. The molecular weight excluding hydrogens is 186 g/mol. The van der Waals surface area contributed by atoms with Gasteiger partial charge in [0, 0.05) is 17.3 Å². The van der Waals surface area contributed by atoms with Crippen molar-refractivity contribution in [1.29, 1.82) is 0 Å². The molecule has 3 N–H and O–H groups in total. The Hall–Kier alpha value is -1.09. The maximum absolute atomic E-state index is 5.83. The van der Waals surface area contributed by atoms with Gasteiger partial charge in [-0.05, 0) is 46.2 Å². The van der Waals surface area contributed by atoms with Gasteiger partial charge in [-0.2, -0.15) is 0 Å². The van der Waals surface area contributed by atoms with Gasteiger partial charge in [-0.1, -0.05) is 6.07 Å². The molecule has 3 nitrogen and oxygen atoms in total. The van der Waals surface area contributed by atoms with Crippen molar-refractivity contribution in [3.8, 4) is 0 Å². The summed E-state index contributed by atoms with van der Waals surface area (Å²) in [5, 5.41) is 3.34. The first-order chi connectivity index (χ1) is 6.79. The smallest absolute Gasteiger partial charge is 0.126 e. The van der Waals surface area contributed by atoms with Gasteiger partial charge in [0.1, 0.15) is 5.82 Å². The summed E-state index contributed by atoms with van der Waals surface area (Å²) in [6.45, 7) is 10.3. The van der Waals surface area contributed by atoms with Crippen LogP contribution in [0.4, 0.5) is 5.82 Å². The molecule has 1 aromatic rings. The van der Waals surface area contributed by atoms with Crippen LogP contribution in [0.15, 0.2) is 12.1 Å². The van der Waals surface area contributed by atoms with E-state index in [4.69, 9.17) is 5.73 Å². The monoisotopic (exact) mass is 207 g/mol. The molecule has 0 aliphatic rings. The van der Waals surface area contributed by atoms with Crippen molar-refractivity contribution in [2.45, 2.75) is 46.2 Å². The third-order valence-electron chi connectivity index (χ3n) is 2.12. The molecule has 0 aliphatic heterocycles. The van der Waals surface area contributed by atoms with Gasteiger partial charge >= 0.3 is 0 Å². The Morgan fingerprint density at radius 3 is 2.33 bits per heavy atom. The van der Waals surface area contributed by atoms with Crippen molar-refractivity contribution in [2.24, 2.45) is 5.73 Å². The highest BCUT2D eigenvalue weighted by molar-refractivity contribution is 5.41. The fourth-order valence-corrected chi connectivity index (χ4v) is 1.51. The molecule has 0 amide bonds. The Kier molecular flexibility index (Phi) is 3.35. The second-order valence-electron chi connectivity index (χ2n) is 5.03. The van der Waals surface area contributed by atoms with E-state index in [1.54, 1.807) is 0 Å². The minimum absolute atomic E-state index is 0.0370. The van der Waals surface area contributed by atoms with Crippen molar-refractivity contribution in [3.05, 3.63) is 23.4 Å². The Bertz CT molecular complexity index is 337. The van der Waals surface area contributed by atoms with Gasteiger partial charge in [0.05, 0.1) is 0 Å². The number of aromatic nitrogens is 1. The first kappa shape index (κ1) is 12.0. The Morgan fingerprint density at radius 2 is 1.93 bits per heavy atom. The molecule has 0 radical (unpaired) electrons. The number of hydrogen-bond donors (Lipinski definition) is 2. The molecule has 1 heterocycles. The summed E-state index contributed by atoms with van der Waals surface area (Å²) < 4.78 is 0. The van der Waals surface area contributed by atoms with E-state index in [9.17, 15) is 0 Å². The Morgan fingerprint density at radius 1 is 1.33 bits per heavy atom. The number of anilines is 1. The van der Waals surface area contributed by atoms with Crippen LogP contribution in [0.25, 0.3) is 0 Å². The lowest BCUT2D eigenvalue weighted by atomic mass is 10.1. The number of rotatable bonds is 2. The number of aryl methyl sites for hydroxylation is 1. The van der Waals surface area contributed by atoms with Crippen molar-refractivity contribution in [2.75, 3.05) is 5.32 Å². The van der Waals surface area contributed by atoms with E-state index in [-0.39, 0.29) is 11.6 Å². The summed E-state index contributed by atoms with van der Waals surface area (Å²) >= 11 is 0. The zero-order valence-corrected chi connectivity index (χ0v) is 10.3. The SMILES string of the molecule is Cc1nc(NC(C)(C)C)ccc1[C@@H](C)N. The highest BCUT2D eigenvalue weighted by Crippen LogP contribution is 2.18. The van der Waals surface area contributed by atoms with Crippen molar-refractivity contribution in [3.63, 3.8) is 0 Å². The van der Waals surface area contributed by atoms with Gasteiger partial charge in [-0.15, -0.1) is 0 Å². The predicted octanol–water partition coefficient (Wildman–Crippen LogP) is 2.62. The number of pyridine rings is 1. The summed E-state index contributed by atoms with van der Waals surface area (Å²) in [7, 11) is 0. The predicted molar refractivity (Wildman–Crippen MR) is 65.0 cm³/mol. The zero-order chi connectivity index (χ0) is 11.6. The van der Waals surface area contributed by atoms with Gasteiger partial charge < -0.3 is 11.1 Å². The standard InChI is InChI=1S/C12H21N3/c1-8(13)10-6-7-11(14-9(10)2)15-12(3,4)5/h6-8H,13H2,1-5H3,(H,14,15)/t8-/m1/s1. The minimum Gasteiger partial charge on any atom is -0.365 e. The Labute approximate surface area is 92.1 Å². The van der Waals surface area contributed by atoms with Crippen LogP contribution >= 0.6 is 0 Å². The largest absolute Gasteiger partial charge is 0.365 e.